The number of ether oxygens (including phenoxy) is 2. The van der Waals surface area contributed by atoms with Crippen LogP contribution in [0.2, 0.25) is 5.02 Å². The highest BCUT2D eigenvalue weighted by Gasteiger charge is 2.24. The molecule has 2 rings (SSSR count). The minimum Gasteiger partial charge on any atom is -0.465 e. The van der Waals surface area contributed by atoms with E-state index in [2.05, 4.69) is 15.0 Å². The van der Waals surface area contributed by atoms with Crippen LogP contribution in [-0.2, 0) is 14.3 Å². The molecule has 8 nitrogen and oxygen atoms in total. The molecule has 1 aromatic carbocycles. The number of aromatic nitrogens is 1. The maximum absolute atomic E-state index is 12.2. The van der Waals surface area contributed by atoms with Crippen LogP contribution in [0.4, 0.5) is 0 Å². The Hall–Kier alpha value is -3.13. The monoisotopic (exact) mass is 392 g/mol. The summed E-state index contributed by atoms with van der Waals surface area (Å²) in [6.07, 6.45) is 0. The van der Waals surface area contributed by atoms with Gasteiger partial charge in [0.25, 0.3) is 11.8 Å². The molecule has 0 aliphatic heterocycles. The van der Waals surface area contributed by atoms with Crippen molar-refractivity contribution in [2.45, 2.75) is 13.8 Å². The van der Waals surface area contributed by atoms with E-state index in [1.54, 1.807) is 13.8 Å². The van der Waals surface area contributed by atoms with E-state index in [0.29, 0.717) is 16.3 Å². The van der Waals surface area contributed by atoms with E-state index >= 15 is 0 Å². The van der Waals surface area contributed by atoms with Gasteiger partial charge in [0.15, 0.2) is 6.61 Å². The van der Waals surface area contributed by atoms with Crippen LogP contribution in [-0.4, -0.2) is 42.5 Å². The van der Waals surface area contributed by atoms with Gasteiger partial charge in [-0.05, 0) is 43.7 Å². The molecule has 2 N–H and O–H groups in total. The quantitative estimate of drug-likeness (QED) is 0.754. The number of hydrogen-bond acceptors (Lipinski definition) is 6. The third-order valence-electron chi connectivity index (χ3n) is 3.72. The first-order valence-corrected chi connectivity index (χ1v) is 8.16. The van der Waals surface area contributed by atoms with E-state index in [-0.39, 0.29) is 16.8 Å². The van der Waals surface area contributed by atoms with Crippen molar-refractivity contribution in [3.63, 3.8) is 0 Å². The van der Waals surface area contributed by atoms with E-state index in [0.717, 1.165) is 0 Å². The lowest BCUT2D eigenvalue weighted by molar-refractivity contribution is -0.123. The summed E-state index contributed by atoms with van der Waals surface area (Å²) >= 11 is 5.73. The number of nitrogens with one attached hydrogen (secondary N) is 2. The van der Waals surface area contributed by atoms with Crippen LogP contribution in [0.1, 0.15) is 42.5 Å². The maximum atomic E-state index is 12.2. The summed E-state index contributed by atoms with van der Waals surface area (Å²) in [6, 6.07) is 5.93. The maximum Gasteiger partial charge on any atom is 0.355 e. The molecule has 0 aliphatic carbocycles. The van der Waals surface area contributed by atoms with E-state index in [4.69, 9.17) is 16.3 Å². The number of amides is 2. The second-order valence-corrected chi connectivity index (χ2v) is 6.01. The summed E-state index contributed by atoms with van der Waals surface area (Å²) in [4.78, 5) is 50.4. The number of hydrogen-bond donors (Lipinski definition) is 2. The number of carbonyl (C=O) groups is 4. The highest BCUT2D eigenvalue weighted by atomic mass is 35.5. The van der Waals surface area contributed by atoms with Gasteiger partial charge in [0.2, 0.25) is 0 Å². The summed E-state index contributed by atoms with van der Waals surface area (Å²) in [5.74, 6) is -2.86. The number of benzene rings is 1. The fraction of sp³-hybridized carbons (Fsp3) is 0.222. The molecule has 2 amide bonds. The Morgan fingerprint density at radius 1 is 1.07 bits per heavy atom. The molecule has 0 radical (unpaired) electrons. The topological polar surface area (TPSA) is 115 Å². The predicted molar refractivity (Wildman–Crippen MR) is 95.8 cm³/mol. The number of H-pyrrole nitrogens is 1. The van der Waals surface area contributed by atoms with Crippen LogP contribution in [0, 0.1) is 13.8 Å². The van der Waals surface area contributed by atoms with Gasteiger partial charge in [-0.1, -0.05) is 11.6 Å². The normalized spacial score (nSPS) is 10.2. The molecule has 1 heterocycles. The number of halogens is 1. The highest BCUT2D eigenvalue weighted by molar-refractivity contribution is 6.30. The number of aryl methyl sites for hydroxylation is 1. The molecule has 2 aromatic rings. The SMILES string of the molecule is COC(=O)c1c(C)[nH]c(C(=O)OCC(=O)NC(=O)c2ccc(Cl)cc2)c1C. The summed E-state index contributed by atoms with van der Waals surface area (Å²) in [6.45, 7) is 2.49. The molecular formula is C18H17ClN2O6. The largest absolute Gasteiger partial charge is 0.465 e. The minimum absolute atomic E-state index is 0.0322. The Morgan fingerprint density at radius 3 is 2.30 bits per heavy atom. The molecule has 9 heteroatoms. The number of rotatable bonds is 5. The average Bonchev–Trinajstić information content (AvgIpc) is 2.94. The van der Waals surface area contributed by atoms with Gasteiger partial charge in [0.1, 0.15) is 5.69 Å². The third-order valence-corrected chi connectivity index (χ3v) is 3.98. The number of esters is 2. The number of carbonyl (C=O) groups excluding carboxylic acids is 4. The molecule has 27 heavy (non-hydrogen) atoms. The molecule has 0 aliphatic rings. The van der Waals surface area contributed by atoms with Crippen LogP contribution in [0.5, 0.6) is 0 Å². The van der Waals surface area contributed by atoms with Gasteiger partial charge in [0.05, 0.1) is 12.7 Å². The van der Waals surface area contributed by atoms with Crippen molar-refractivity contribution < 1.29 is 28.7 Å². The van der Waals surface area contributed by atoms with E-state index in [9.17, 15) is 19.2 Å². The van der Waals surface area contributed by atoms with Crippen molar-refractivity contribution in [2.24, 2.45) is 0 Å². The van der Waals surface area contributed by atoms with Gasteiger partial charge in [-0.2, -0.15) is 0 Å². The molecule has 0 bridgehead atoms. The van der Waals surface area contributed by atoms with Crippen molar-refractivity contribution in [1.82, 2.24) is 10.3 Å². The first kappa shape index (κ1) is 20.2. The van der Waals surface area contributed by atoms with Crippen molar-refractivity contribution in [2.75, 3.05) is 13.7 Å². The van der Waals surface area contributed by atoms with Crippen LogP contribution in [0.15, 0.2) is 24.3 Å². The van der Waals surface area contributed by atoms with Crippen molar-refractivity contribution in [3.05, 3.63) is 57.4 Å². The molecule has 142 valence electrons. The van der Waals surface area contributed by atoms with Crippen LogP contribution >= 0.6 is 11.6 Å². The molecular weight excluding hydrogens is 376 g/mol. The minimum atomic E-state index is -0.833. The molecule has 0 atom stereocenters. The fourth-order valence-electron chi connectivity index (χ4n) is 2.40. The summed E-state index contributed by atoms with van der Waals surface area (Å²) in [5.41, 5.74) is 1.28. The molecule has 0 saturated carbocycles. The lowest BCUT2D eigenvalue weighted by Crippen LogP contribution is -2.34. The second-order valence-electron chi connectivity index (χ2n) is 5.58. The van der Waals surface area contributed by atoms with Crippen LogP contribution < -0.4 is 5.32 Å². The molecule has 1 aromatic heterocycles. The molecule has 0 saturated heterocycles. The van der Waals surface area contributed by atoms with Crippen LogP contribution in [0.3, 0.4) is 0 Å². The summed E-state index contributed by atoms with van der Waals surface area (Å²) in [5, 5.41) is 2.55. The van der Waals surface area contributed by atoms with Gasteiger partial charge in [-0.15, -0.1) is 0 Å². The number of aromatic amines is 1. The Labute approximate surface area is 159 Å². The molecule has 0 unspecified atom stereocenters. The van der Waals surface area contributed by atoms with Gasteiger partial charge < -0.3 is 14.5 Å². The van der Waals surface area contributed by atoms with Gasteiger partial charge >= 0.3 is 11.9 Å². The third kappa shape index (κ3) is 4.73. The Kier molecular flexibility index (Phi) is 6.36. The zero-order valence-electron chi connectivity index (χ0n) is 14.8. The predicted octanol–water partition coefficient (Wildman–Crippen LogP) is 2.18. The highest BCUT2D eigenvalue weighted by Crippen LogP contribution is 2.19. The summed E-state index contributed by atoms with van der Waals surface area (Å²) in [7, 11) is 1.23. The van der Waals surface area contributed by atoms with Gasteiger partial charge in [-0.3, -0.25) is 14.9 Å². The lowest BCUT2D eigenvalue weighted by atomic mass is 10.1. The first-order valence-electron chi connectivity index (χ1n) is 7.79. The lowest BCUT2D eigenvalue weighted by Gasteiger charge is -2.06. The van der Waals surface area contributed by atoms with E-state index in [1.807, 2.05) is 0 Å². The van der Waals surface area contributed by atoms with Crippen molar-refractivity contribution in [1.29, 1.82) is 0 Å². The van der Waals surface area contributed by atoms with E-state index in [1.165, 1.54) is 31.4 Å². The smallest absolute Gasteiger partial charge is 0.355 e. The standard InChI is InChI=1S/C18H17ClN2O6/c1-9-14(17(24)26-3)10(2)20-15(9)18(25)27-8-13(22)21-16(23)11-4-6-12(19)7-5-11/h4-7,20H,8H2,1-3H3,(H,21,22,23). The van der Waals surface area contributed by atoms with Crippen molar-refractivity contribution in [3.8, 4) is 0 Å². The van der Waals surface area contributed by atoms with Gasteiger partial charge in [-0.25, -0.2) is 9.59 Å². The number of methoxy groups -OCH3 is 1. The number of imide groups is 1. The Bertz CT molecular complexity index is 901. The molecule has 0 spiro atoms. The van der Waals surface area contributed by atoms with E-state index < -0.39 is 30.4 Å². The molecule has 0 fully saturated rings. The Morgan fingerprint density at radius 2 is 1.70 bits per heavy atom. The average molecular weight is 393 g/mol. The zero-order valence-corrected chi connectivity index (χ0v) is 15.6. The fourth-order valence-corrected chi connectivity index (χ4v) is 2.53. The summed E-state index contributed by atoms with van der Waals surface area (Å²) < 4.78 is 9.56. The zero-order chi connectivity index (χ0) is 20.1. The van der Waals surface area contributed by atoms with Crippen LogP contribution in [0.25, 0.3) is 0 Å². The Balaban J connectivity index is 1.97. The second kappa shape index (κ2) is 8.50. The van der Waals surface area contributed by atoms with Gasteiger partial charge in [0, 0.05) is 16.3 Å². The van der Waals surface area contributed by atoms with Crippen molar-refractivity contribution >= 4 is 35.4 Å². The first-order chi connectivity index (χ1) is 12.7.